The van der Waals surface area contributed by atoms with Gasteiger partial charge in [-0.05, 0) is 30.2 Å². The van der Waals surface area contributed by atoms with Crippen LogP contribution in [0.4, 0.5) is 10.1 Å². The number of hydrogen-bond donors (Lipinski definition) is 1. The van der Waals surface area contributed by atoms with E-state index >= 15 is 0 Å². The van der Waals surface area contributed by atoms with Gasteiger partial charge in [0.1, 0.15) is 5.92 Å². The number of fused-ring (bicyclic) bond motifs is 1. The topological polar surface area (TPSA) is 66.8 Å². The molecule has 0 aliphatic carbocycles. The van der Waals surface area contributed by atoms with Crippen LogP contribution < -0.4 is 9.64 Å². The highest BCUT2D eigenvalue weighted by Gasteiger charge is 2.35. The summed E-state index contributed by atoms with van der Waals surface area (Å²) in [6.45, 7) is 0.353. The molecule has 1 heterocycles. The highest BCUT2D eigenvalue weighted by atomic mass is 19.1. The summed E-state index contributed by atoms with van der Waals surface area (Å²) in [4.78, 5) is 25.4. The molecule has 2 aromatic carbocycles. The number of aliphatic carboxylic acids is 1. The Balaban J connectivity index is 1.57. The van der Waals surface area contributed by atoms with Crippen molar-refractivity contribution in [1.29, 1.82) is 0 Å². The second-order valence-corrected chi connectivity index (χ2v) is 5.84. The molecule has 25 heavy (non-hydrogen) atoms. The number of nitrogens with zero attached hydrogens (tertiary/aromatic N) is 1. The lowest BCUT2D eigenvalue weighted by Gasteiger charge is -2.17. The Morgan fingerprint density at radius 3 is 2.64 bits per heavy atom. The molecule has 0 spiro atoms. The number of halogens is 1. The van der Waals surface area contributed by atoms with E-state index in [1.54, 1.807) is 36.4 Å². The number of benzene rings is 2. The predicted molar refractivity (Wildman–Crippen MR) is 90.3 cm³/mol. The fourth-order valence-corrected chi connectivity index (χ4v) is 2.96. The maximum absolute atomic E-state index is 13.4. The second-order valence-electron chi connectivity index (χ2n) is 5.84. The lowest BCUT2D eigenvalue weighted by atomic mass is 10.0. The summed E-state index contributed by atoms with van der Waals surface area (Å²) in [5, 5.41) is 9.33. The first kappa shape index (κ1) is 17.0. The number of carboxylic acids is 1. The van der Waals surface area contributed by atoms with Crippen LogP contribution in [0.5, 0.6) is 5.75 Å². The van der Waals surface area contributed by atoms with Crippen molar-refractivity contribution in [3.8, 4) is 5.75 Å². The number of hydrogen-bond acceptors (Lipinski definition) is 3. The number of anilines is 1. The van der Waals surface area contributed by atoms with Crippen LogP contribution in [-0.4, -0.2) is 30.1 Å². The molecule has 1 aliphatic heterocycles. The van der Waals surface area contributed by atoms with Crippen LogP contribution in [0.3, 0.4) is 0 Å². The highest BCUT2D eigenvalue weighted by Crippen LogP contribution is 2.36. The van der Waals surface area contributed by atoms with E-state index in [9.17, 15) is 19.1 Å². The normalized spacial score (nSPS) is 15.7. The van der Waals surface area contributed by atoms with Crippen LogP contribution in [0.2, 0.25) is 0 Å². The molecular weight excluding hydrogens is 325 g/mol. The van der Waals surface area contributed by atoms with Gasteiger partial charge in [0.25, 0.3) is 0 Å². The van der Waals surface area contributed by atoms with Crippen LogP contribution in [0.1, 0.15) is 24.3 Å². The molecule has 0 saturated carbocycles. The zero-order valence-corrected chi connectivity index (χ0v) is 13.5. The first-order chi connectivity index (χ1) is 12.1. The van der Waals surface area contributed by atoms with Crippen LogP contribution >= 0.6 is 0 Å². The zero-order valence-electron chi connectivity index (χ0n) is 13.5. The van der Waals surface area contributed by atoms with E-state index in [1.165, 1.54) is 17.0 Å². The standard InChI is InChI=1S/C19H18FNO4/c20-15-7-2-4-9-17(15)25-11-5-10-18(22)21-12-14(19(23)24)13-6-1-3-8-16(13)21/h1-4,6-9,14H,5,10-12H2,(H,23,24). The summed E-state index contributed by atoms with van der Waals surface area (Å²) in [6, 6.07) is 13.1. The van der Waals surface area contributed by atoms with Crippen molar-refractivity contribution in [1.82, 2.24) is 0 Å². The minimum Gasteiger partial charge on any atom is -0.491 e. The zero-order chi connectivity index (χ0) is 17.8. The number of amides is 1. The Kier molecular flexibility index (Phi) is 4.97. The van der Waals surface area contributed by atoms with Crippen LogP contribution in [0.15, 0.2) is 48.5 Å². The van der Waals surface area contributed by atoms with Crippen molar-refractivity contribution in [3.05, 3.63) is 59.9 Å². The van der Waals surface area contributed by atoms with E-state index in [-0.39, 0.29) is 31.2 Å². The van der Waals surface area contributed by atoms with Gasteiger partial charge in [0.15, 0.2) is 11.6 Å². The van der Waals surface area contributed by atoms with Gasteiger partial charge in [0.05, 0.1) is 6.61 Å². The largest absolute Gasteiger partial charge is 0.491 e. The van der Waals surface area contributed by atoms with Crippen molar-refractivity contribution in [3.63, 3.8) is 0 Å². The molecule has 1 amide bonds. The van der Waals surface area contributed by atoms with Crippen molar-refractivity contribution < 1.29 is 23.8 Å². The molecule has 0 fully saturated rings. The number of rotatable bonds is 6. The number of carbonyl (C=O) groups is 2. The van der Waals surface area contributed by atoms with E-state index in [4.69, 9.17) is 4.74 Å². The molecule has 0 saturated heterocycles. The molecule has 1 N–H and O–H groups in total. The first-order valence-corrected chi connectivity index (χ1v) is 8.07. The number of para-hydroxylation sites is 2. The Morgan fingerprint density at radius 2 is 1.88 bits per heavy atom. The summed E-state index contributed by atoms with van der Waals surface area (Å²) in [6.07, 6.45) is 0.624. The van der Waals surface area contributed by atoms with Crippen LogP contribution in [-0.2, 0) is 9.59 Å². The van der Waals surface area contributed by atoms with Crippen molar-refractivity contribution in [2.45, 2.75) is 18.8 Å². The lowest BCUT2D eigenvalue weighted by molar-refractivity contribution is -0.138. The molecule has 6 heteroatoms. The Morgan fingerprint density at radius 1 is 1.16 bits per heavy atom. The van der Waals surface area contributed by atoms with E-state index in [0.29, 0.717) is 17.7 Å². The van der Waals surface area contributed by atoms with Crippen LogP contribution in [0.25, 0.3) is 0 Å². The summed E-state index contributed by atoms with van der Waals surface area (Å²) in [5.74, 6) is -2.08. The Hall–Kier alpha value is -2.89. The third kappa shape index (κ3) is 3.63. The lowest BCUT2D eigenvalue weighted by Crippen LogP contribution is -2.31. The molecule has 0 bridgehead atoms. The van der Waals surface area contributed by atoms with Gasteiger partial charge in [-0.15, -0.1) is 0 Å². The maximum atomic E-state index is 13.4. The number of carboxylic acid groups (broad SMARTS) is 1. The van der Waals surface area contributed by atoms with Gasteiger partial charge in [-0.3, -0.25) is 9.59 Å². The van der Waals surface area contributed by atoms with Crippen molar-refractivity contribution >= 4 is 17.6 Å². The predicted octanol–water partition coefficient (Wildman–Crippen LogP) is 3.20. The third-order valence-corrected chi connectivity index (χ3v) is 4.20. The molecule has 2 aromatic rings. The van der Waals surface area contributed by atoms with E-state index in [1.807, 2.05) is 0 Å². The summed E-state index contributed by atoms with van der Waals surface area (Å²) in [5.41, 5.74) is 1.31. The summed E-state index contributed by atoms with van der Waals surface area (Å²) >= 11 is 0. The molecule has 130 valence electrons. The average Bonchev–Trinajstić information content (AvgIpc) is 3.00. The van der Waals surface area contributed by atoms with Crippen molar-refractivity contribution in [2.75, 3.05) is 18.1 Å². The molecule has 0 aromatic heterocycles. The number of carbonyl (C=O) groups excluding carboxylic acids is 1. The molecule has 1 atom stereocenters. The molecule has 1 aliphatic rings. The van der Waals surface area contributed by atoms with E-state index in [0.717, 1.165) is 0 Å². The summed E-state index contributed by atoms with van der Waals surface area (Å²) < 4.78 is 18.8. The van der Waals surface area contributed by atoms with Crippen molar-refractivity contribution in [2.24, 2.45) is 0 Å². The summed E-state index contributed by atoms with van der Waals surface area (Å²) in [7, 11) is 0. The Labute approximate surface area is 144 Å². The maximum Gasteiger partial charge on any atom is 0.312 e. The smallest absolute Gasteiger partial charge is 0.312 e. The molecule has 3 rings (SSSR count). The number of ether oxygens (including phenoxy) is 1. The van der Waals surface area contributed by atoms with Gasteiger partial charge in [0, 0.05) is 18.7 Å². The van der Waals surface area contributed by atoms with E-state index < -0.39 is 17.7 Å². The second kappa shape index (κ2) is 7.34. The fraction of sp³-hybridized carbons (Fsp3) is 0.263. The van der Waals surface area contributed by atoms with Gasteiger partial charge in [-0.2, -0.15) is 0 Å². The monoisotopic (exact) mass is 343 g/mol. The van der Waals surface area contributed by atoms with E-state index in [2.05, 4.69) is 0 Å². The highest BCUT2D eigenvalue weighted by molar-refractivity contribution is 5.98. The molecule has 5 nitrogen and oxygen atoms in total. The molecule has 1 unspecified atom stereocenters. The average molecular weight is 343 g/mol. The quantitative estimate of drug-likeness (QED) is 0.818. The third-order valence-electron chi connectivity index (χ3n) is 4.20. The van der Waals surface area contributed by atoms with Gasteiger partial charge < -0.3 is 14.7 Å². The minimum atomic E-state index is -0.939. The fourth-order valence-electron chi connectivity index (χ4n) is 2.96. The molecular formula is C19H18FNO4. The van der Waals surface area contributed by atoms with Crippen LogP contribution in [0, 0.1) is 5.82 Å². The SMILES string of the molecule is O=C(O)C1CN(C(=O)CCCOc2ccccc2F)c2ccccc21. The molecule has 0 radical (unpaired) electrons. The van der Waals surface area contributed by atoms with Gasteiger partial charge in [-0.25, -0.2) is 4.39 Å². The first-order valence-electron chi connectivity index (χ1n) is 8.07. The van der Waals surface area contributed by atoms with Gasteiger partial charge in [-0.1, -0.05) is 30.3 Å². The van der Waals surface area contributed by atoms with Gasteiger partial charge in [0.2, 0.25) is 5.91 Å². The van der Waals surface area contributed by atoms with Gasteiger partial charge >= 0.3 is 5.97 Å². The minimum absolute atomic E-state index is 0.141. The Bertz CT molecular complexity index is 792.